The lowest BCUT2D eigenvalue weighted by molar-refractivity contribution is 0.187. The molecule has 0 radical (unpaired) electrons. The van der Waals surface area contributed by atoms with Crippen LogP contribution >= 0.6 is 0 Å². The Morgan fingerprint density at radius 3 is 2.63 bits per heavy atom. The van der Waals surface area contributed by atoms with Gasteiger partial charge in [0.25, 0.3) is 0 Å². The van der Waals surface area contributed by atoms with Gasteiger partial charge in [-0.2, -0.15) is 5.10 Å². The minimum Gasteiger partial charge on any atom is -0.463 e. The molecule has 0 bridgehead atoms. The molecule has 0 saturated heterocycles. The first-order valence-electron chi connectivity index (χ1n) is 6.08. The van der Waals surface area contributed by atoms with Gasteiger partial charge in [0, 0.05) is 11.8 Å². The van der Waals surface area contributed by atoms with Crippen LogP contribution in [0.15, 0.2) is 59.3 Å². The highest BCUT2D eigenvalue weighted by Crippen LogP contribution is 2.23. The number of furan rings is 1. The number of aromatic nitrogens is 2. The fraction of sp³-hybridized carbons (Fsp3) is 0.133. The first-order chi connectivity index (χ1) is 9.24. The molecule has 0 aliphatic rings. The number of aliphatic hydroxyl groups excluding tert-OH is 1. The summed E-state index contributed by atoms with van der Waals surface area (Å²) < 4.78 is 7.16. The Hall–Kier alpha value is -2.33. The van der Waals surface area contributed by atoms with Crippen LogP contribution in [0.2, 0.25) is 0 Å². The quantitative estimate of drug-likeness (QED) is 0.782. The van der Waals surface area contributed by atoms with E-state index in [0.717, 1.165) is 11.4 Å². The van der Waals surface area contributed by atoms with Crippen molar-refractivity contribution in [2.75, 3.05) is 0 Å². The van der Waals surface area contributed by atoms with Crippen LogP contribution in [-0.2, 0) is 0 Å². The van der Waals surface area contributed by atoms with Crippen molar-refractivity contribution >= 4 is 0 Å². The minimum absolute atomic E-state index is 0.533. The third-order valence-electron chi connectivity index (χ3n) is 2.97. The van der Waals surface area contributed by atoms with Crippen molar-refractivity contribution in [3.8, 4) is 5.69 Å². The summed E-state index contributed by atoms with van der Waals surface area (Å²) in [6.07, 6.45) is 2.67. The maximum Gasteiger partial charge on any atom is 0.140 e. The molecule has 3 aromatic rings. The molecule has 1 N–H and O–H groups in total. The van der Waals surface area contributed by atoms with Gasteiger partial charge in [0.1, 0.15) is 17.6 Å². The van der Waals surface area contributed by atoms with Gasteiger partial charge in [-0.05, 0) is 31.2 Å². The summed E-state index contributed by atoms with van der Waals surface area (Å²) in [5.74, 6) is 1.31. The zero-order chi connectivity index (χ0) is 13.2. The number of hydrogen-bond acceptors (Lipinski definition) is 3. The van der Waals surface area contributed by atoms with Gasteiger partial charge in [-0.1, -0.05) is 18.2 Å². The molecule has 4 nitrogen and oxygen atoms in total. The van der Waals surface area contributed by atoms with Crippen LogP contribution in [0, 0.1) is 6.92 Å². The van der Waals surface area contributed by atoms with Crippen molar-refractivity contribution in [3.63, 3.8) is 0 Å². The standard InChI is InChI=1S/C15H14N2O2/c1-11-7-8-14(19-11)15(18)12-9-16-17(10-12)13-5-3-2-4-6-13/h2-10,15,18H,1H3. The van der Waals surface area contributed by atoms with Crippen LogP contribution < -0.4 is 0 Å². The fourth-order valence-electron chi connectivity index (χ4n) is 1.96. The zero-order valence-corrected chi connectivity index (χ0v) is 10.5. The third-order valence-corrected chi connectivity index (χ3v) is 2.97. The average molecular weight is 254 g/mol. The van der Waals surface area contributed by atoms with Crippen LogP contribution in [-0.4, -0.2) is 14.9 Å². The molecule has 0 amide bonds. The van der Waals surface area contributed by atoms with E-state index in [1.165, 1.54) is 0 Å². The van der Waals surface area contributed by atoms with Gasteiger partial charge in [0.15, 0.2) is 0 Å². The van der Waals surface area contributed by atoms with Gasteiger partial charge in [-0.25, -0.2) is 4.68 Å². The maximum atomic E-state index is 10.2. The summed E-state index contributed by atoms with van der Waals surface area (Å²) >= 11 is 0. The molecule has 2 aromatic heterocycles. The molecule has 0 spiro atoms. The molecule has 1 atom stereocenters. The zero-order valence-electron chi connectivity index (χ0n) is 10.5. The van der Waals surface area contributed by atoms with Crippen LogP contribution in [0.25, 0.3) is 5.69 Å². The highest BCUT2D eigenvalue weighted by atomic mass is 16.4. The van der Waals surface area contributed by atoms with E-state index in [-0.39, 0.29) is 0 Å². The van der Waals surface area contributed by atoms with E-state index in [4.69, 9.17) is 4.42 Å². The second-order valence-corrected chi connectivity index (χ2v) is 4.40. The van der Waals surface area contributed by atoms with E-state index in [1.807, 2.05) is 43.3 Å². The molecule has 2 heterocycles. The Morgan fingerprint density at radius 2 is 1.95 bits per heavy atom. The van der Waals surface area contributed by atoms with Gasteiger partial charge >= 0.3 is 0 Å². The van der Waals surface area contributed by atoms with E-state index in [1.54, 1.807) is 23.1 Å². The first kappa shape index (κ1) is 11.7. The molecule has 96 valence electrons. The summed E-state index contributed by atoms with van der Waals surface area (Å²) in [4.78, 5) is 0. The number of hydrogen-bond donors (Lipinski definition) is 1. The SMILES string of the molecule is Cc1ccc(C(O)c2cnn(-c3ccccc3)c2)o1. The van der Waals surface area contributed by atoms with E-state index in [9.17, 15) is 5.11 Å². The van der Waals surface area contributed by atoms with Gasteiger partial charge in [0.2, 0.25) is 0 Å². The van der Waals surface area contributed by atoms with Crippen LogP contribution in [0.5, 0.6) is 0 Å². The summed E-state index contributed by atoms with van der Waals surface area (Å²) in [5, 5.41) is 14.5. The van der Waals surface area contributed by atoms with Gasteiger partial charge in [0.05, 0.1) is 11.9 Å². The van der Waals surface area contributed by atoms with Crippen LogP contribution in [0.3, 0.4) is 0 Å². The average Bonchev–Trinajstić information content (AvgIpc) is 3.08. The van der Waals surface area contributed by atoms with E-state index < -0.39 is 6.10 Å². The van der Waals surface area contributed by atoms with E-state index in [2.05, 4.69) is 5.10 Å². The largest absolute Gasteiger partial charge is 0.463 e. The minimum atomic E-state index is -0.786. The molecular weight excluding hydrogens is 240 g/mol. The van der Waals surface area contributed by atoms with Crippen molar-refractivity contribution in [2.45, 2.75) is 13.0 Å². The molecule has 0 aliphatic heterocycles. The summed E-state index contributed by atoms with van der Waals surface area (Å²) in [6, 6.07) is 13.4. The number of nitrogens with zero attached hydrogens (tertiary/aromatic N) is 2. The normalized spacial score (nSPS) is 12.5. The first-order valence-corrected chi connectivity index (χ1v) is 6.08. The number of rotatable bonds is 3. The molecule has 3 rings (SSSR count). The predicted octanol–water partition coefficient (Wildman–Crippen LogP) is 2.86. The Labute approximate surface area is 110 Å². The topological polar surface area (TPSA) is 51.2 Å². The molecule has 19 heavy (non-hydrogen) atoms. The summed E-state index contributed by atoms with van der Waals surface area (Å²) in [6.45, 7) is 1.85. The molecule has 0 fully saturated rings. The second kappa shape index (κ2) is 4.74. The number of para-hydroxylation sites is 1. The highest BCUT2D eigenvalue weighted by molar-refractivity contribution is 5.32. The van der Waals surface area contributed by atoms with Gasteiger partial charge in [-0.15, -0.1) is 0 Å². The molecular formula is C15H14N2O2. The Balaban J connectivity index is 1.89. The summed E-state index contributed by atoms with van der Waals surface area (Å²) in [7, 11) is 0. The lowest BCUT2D eigenvalue weighted by atomic mass is 10.1. The number of aliphatic hydroxyl groups is 1. The van der Waals surface area contributed by atoms with Gasteiger partial charge in [-0.3, -0.25) is 0 Å². The van der Waals surface area contributed by atoms with Crippen molar-refractivity contribution in [2.24, 2.45) is 0 Å². The van der Waals surface area contributed by atoms with Gasteiger partial charge < -0.3 is 9.52 Å². The monoisotopic (exact) mass is 254 g/mol. The highest BCUT2D eigenvalue weighted by Gasteiger charge is 2.16. The van der Waals surface area contributed by atoms with Crippen molar-refractivity contribution in [1.82, 2.24) is 9.78 Å². The summed E-state index contributed by atoms with van der Waals surface area (Å²) in [5.41, 5.74) is 1.66. The fourth-order valence-corrected chi connectivity index (χ4v) is 1.96. The maximum absolute atomic E-state index is 10.2. The molecule has 0 aliphatic carbocycles. The van der Waals surface area contributed by atoms with Crippen LogP contribution in [0.4, 0.5) is 0 Å². The predicted molar refractivity (Wildman–Crippen MR) is 71.1 cm³/mol. The number of aryl methyl sites for hydroxylation is 1. The van der Waals surface area contributed by atoms with Crippen molar-refractivity contribution in [1.29, 1.82) is 0 Å². The third kappa shape index (κ3) is 2.30. The van der Waals surface area contributed by atoms with Crippen molar-refractivity contribution in [3.05, 3.63) is 71.9 Å². The van der Waals surface area contributed by atoms with E-state index >= 15 is 0 Å². The second-order valence-electron chi connectivity index (χ2n) is 4.40. The lowest BCUT2D eigenvalue weighted by Gasteiger charge is -2.04. The lowest BCUT2D eigenvalue weighted by Crippen LogP contribution is -1.97. The van der Waals surface area contributed by atoms with Crippen molar-refractivity contribution < 1.29 is 9.52 Å². The Morgan fingerprint density at radius 1 is 1.16 bits per heavy atom. The molecule has 1 unspecified atom stereocenters. The smallest absolute Gasteiger partial charge is 0.140 e. The van der Waals surface area contributed by atoms with E-state index in [0.29, 0.717) is 11.3 Å². The molecule has 0 saturated carbocycles. The van der Waals surface area contributed by atoms with Crippen LogP contribution in [0.1, 0.15) is 23.2 Å². The molecule has 4 heteroatoms. The number of benzene rings is 1. The Kier molecular flexibility index (Phi) is 2.93. The molecule has 1 aromatic carbocycles. The Bertz CT molecular complexity index is 670.